The fourth-order valence-electron chi connectivity index (χ4n) is 2.88. The molecule has 0 spiro atoms. The highest BCUT2D eigenvalue weighted by Gasteiger charge is 2.32. The quantitative estimate of drug-likeness (QED) is 0.805. The van der Waals surface area contributed by atoms with Gasteiger partial charge >= 0.3 is 0 Å². The number of rotatable bonds is 5. The van der Waals surface area contributed by atoms with E-state index in [1.807, 2.05) is 13.8 Å². The van der Waals surface area contributed by atoms with Crippen molar-refractivity contribution in [1.82, 2.24) is 5.32 Å². The predicted molar refractivity (Wildman–Crippen MR) is 80.8 cm³/mol. The third-order valence-corrected chi connectivity index (χ3v) is 5.29. The molecule has 0 bridgehead atoms. The number of amides is 1. The van der Waals surface area contributed by atoms with E-state index in [2.05, 4.69) is 26.1 Å². The first-order valence-corrected chi connectivity index (χ1v) is 7.84. The highest BCUT2D eigenvalue weighted by atomic mass is 16.1. The second-order valence-corrected chi connectivity index (χ2v) is 7.05. The van der Waals surface area contributed by atoms with Crippen LogP contribution in [0.25, 0.3) is 0 Å². The van der Waals surface area contributed by atoms with E-state index in [1.54, 1.807) is 0 Å². The molecule has 1 aliphatic rings. The van der Waals surface area contributed by atoms with Crippen LogP contribution in [0.1, 0.15) is 66.7 Å². The summed E-state index contributed by atoms with van der Waals surface area (Å²) in [6.07, 6.45) is 5.93. The summed E-state index contributed by atoms with van der Waals surface area (Å²) in [5, 5.41) is 3.17. The van der Waals surface area contributed by atoms with E-state index in [0.29, 0.717) is 11.5 Å². The number of hydrogen-bond donors (Lipinski definition) is 2. The van der Waals surface area contributed by atoms with Gasteiger partial charge in [-0.25, -0.2) is 0 Å². The molecule has 0 saturated heterocycles. The van der Waals surface area contributed by atoms with Crippen molar-refractivity contribution in [3.8, 4) is 0 Å². The number of nitrogens with one attached hydrogen (secondary N) is 1. The smallest absolute Gasteiger partial charge is 0.224 e. The summed E-state index contributed by atoms with van der Waals surface area (Å²) in [5.41, 5.74) is 6.22. The van der Waals surface area contributed by atoms with Gasteiger partial charge in [-0.15, -0.1) is 0 Å². The zero-order chi connectivity index (χ0) is 14.6. The first-order valence-electron chi connectivity index (χ1n) is 7.84. The van der Waals surface area contributed by atoms with Gasteiger partial charge in [0.05, 0.1) is 0 Å². The second-order valence-electron chi connectivity index (χ2n) is 7.05. The molecule has 0 aromatic rings. The predicted octanol–water partition coefficient (Wildman–Crippen LogP) is 3.08. The Morgan fingerprint density at radius 2 is 1.79 bits per heavy atom. The first kappa shape index (κ1) is 16.5. The van der Waals surface area contributed by atoms with Crippen LogP contribution in [-0.2, 0) is 4.79 Å². The fraction of sp³-hybridized carbons (Fsp3) is 0.938. The van der Waals surface area contributed by atoms with Gasteiger partial charge in [-0.2, -0.15) is 0 Å². The minimum Gasteiger partial charge on any atom is -0.353 e. The summed E-state index contributed by atoms with van der Waals surface area (Å²) in [6.45, 7) is 10.8. The summed E-state index contributed by atoms with van der Waals surface area (Å²) in [4.78, 5) is 12.0. The highest BCUT2D eigenvalue weighted by molar-refractivity contribution is 5.79. The normalized spacial score (nSPS) is 27.7. The lowest BCUT2D eigenvalue weighted by Gasteiger charge is -2.39. The van der Waals surface area contributed by atoms with Crippen molar-refractivity contribution >= 4 is 5.91 Å². The molecule has 0 radical (unpaired) electrons. The topological polar surface area (TPSA) is 55.1 Å². The molecule has 1 rings (SSSR count). The molecule has 1 saturated carbocycles. The van der Waals surface area contributed by atoms with Gasteiger partial charge in [0.1, 0.15) is 0 Å². The van der Waals surface area contributed by atoms with E-state index in [4.69, 9.17) is 5.73 Å². The van der Waals surface area contributed by atoms with E-state index >= 15 is 0 Å². The van der Waals surface area contributed by atoms with Crippen LogP contribution in [-0.4, -0.2) is 18.0 Å². The van der Waals surface area contributed by atoms with Crippen molar-refractivity contribution in [2.45, 2.75) is 78.8 Å². The Morgan fingerprint density at radius 3 is 2.21 bits per heavy atom. The van der Waals surface area contributed by atoms with Gasteiger partial charge in [0, 0.05) is 18.0 Å². The van der Waals surface area contributed by atoms with Gasteiger partial charge in [-0.05, 0) is 43.9 Å². The lowest BCUT2D eigenvalue weighted by atomic mass is 9.69. The van der Waals surface area contributed by atoms with E-state index in [9.17, 15) is 4.79 Å². The summed E-state index contributed by atoms with van der Waals surface area (Å²) in [5.74, 6) is 0.828. The van der Waals surface area contributed by atoms with Crippen LogP contribution >= 0.6 is 0 Å². The minimum absolute atomic E-state index is 0.0737. The van der Waals surface area contributed by atoms with Crippen molar-refractivity contribution in [3.05, 3.63) is 0 Å². The van der Waals surface area contributed by atoms with Gasteiger partial charge in [0.25, 0.3) is 0 Å². The number of nitrogens with two attached hydrogens (primary N) is 1. The van der Waals surface area contributed by atoms with Gasteiger partial charge in [0.15, 0.2) is 0 Å². The highest BCUT2D eigenvalue weighted by Crippen LogP contribution is 2.40. The maximum absolute atomic E-state index is 12.0. The second kappa shape index (κ2) is 6.74. The molecule has 1 amide bonds. The lowest BCUT2D eigenvalue weighted by molar-refractivity contribution is -0.126. The Bertz CT molecular complexity index is 291. The van der Waals surface area contributed by atoms with E-state index in [0.717, 1.165) is 18.8 Å². The van der Waals surface area contributed by atoms with Crippen molar-refractivity contribution in [2.75, 3.05) is 0 Å². The summed E-state index contributed by atoms with van der Waals surface area (Å²) >= 11 is 0. The molecule has 2 atom stereocenters. The van der Waals surface area contributed by atoms with Crippen LogP contribution in [0.5, 0.6) is 0 Å². The van der Waals surface area contributed by atoms with Crippen LogP contribution in [0.2, 0.25) is 0 Å². The maximum atomic E-state index is 12.0. The first-order chi connectivity index (χ1) is 8.77. The summed E-state index contributed by atoms with van der Waals surface area (Å²) in [7, 11) is 0. The number of carbonyl (C=O) groups excluding carboxylic acids is 1. The van der Waals surface area contributed by atoms with Crippen LogP contribution < -0.4 is 11.1 Å². The maximum Gasteiger partial charge on any atom is 0.224 e. The molecule has 3 N–H and O–H groups in total. The molecule has 19 heavy (non-hydrogen) atoms. The molecule has 1 aliphatic carbocycles. The van der Waals surface area contributed by atoms with Crippen molar-refractivity contribution in [3.63, 3.8) is 0 Å². The van der Waals surface area contributed by atoms with Gasteiger partial charge < -0.3 is 11.1 Å². The lowest BCUT2D eigenvalue weighted by Crippen LogP contribution is -2.45. The van der Waals surface area contributed by atoms with E-state index in [-0.39, 0.29) is 17.9 Å². The molecule has 0 heterocycles. The van der Waals surface area contributed by atoms with Crippen LogP contribution in [0.15, 0.2) is 0 Å². The van der Waals surface area contributed by atoms with Crippen LogP contribution in [0.3, 0.4) is 0 Å². The molecule has 1 fully saturated rings. The van der Waals surface area contributed by atoms with E-state index in [1.165, 1.54) is 19.3 Å². The molecule has 112 valence electrons. The third kappa shape index (κ3) is 4.48. The average Bonchev–Trinajstić information content (AvgIpc) is 2.38. The molecule has 2 unspecified atom stereocenters. The fourth-order valence-corrected chi connectivity index (χ4v) is 2.88. The molecular weight excluding hydrogens is 236 g/mol. The SMILES string of the molecule is CCC(C)(C)C1CCC(NC(=O)C(C)C(C)N)CC1. The van der Waals surface area contributed by atoms with Gasteiger partial charge in [-0.3, -0.25) is 4.79 Å². The van der Waals surface area contributed by atoms with E-state index < -0.39 is 0 Å². The number of hydrogen-bond acceptors (Lipinski definition) is 2. The molecule has 0 aromatic heterocycles. The Labute approximate surface area is 118 Å². The minimum atomic E-state index is -0.0928. The zero-order valence-corrected chi connectivity index (χ0v) is 13.3. The van der Waals surface area contributed by atoms with Gasteiger partial charge in [-0.1, -0.05) is 34.1 Å². The molecule has 0 aromatic carbocycles. The number of carbonyl (C=O) groups is 1. The van der Waals surface area contributed by atoms with Crippen LogP contribution in [0.4, 0.5) is 0 Å². The standard InChI is InChI=1S/C16H32N2O/c1-6-16(4,5)13-7-9-14(10-8-13)18-15(19)11(2)12(3)17/h11-14H,6-10,17H2,1-5H3,(H,18,19). The summed E-state index contributed by atoms with van der Waals surface area (Å²) < 4.78 is 0. The average molecular weight is 268 g/mol. The molecule has 3 nitrogen and oxygen atoms in total. The molecule has 3 heteroatoms. The van der Waals surface area contributed by atoms with Crippen molar-refractivity contribution < 1.29 is 4.79 Å². The third-order valence-electron chi connectivity index (χ3n) is 5.29. The monoisotopic (exact) mass is 268 g/mol. The largest absolute Gasteiger partial charge is 0.353 e. The Hall–Kier alpha value is -0.570. The Balaban J connectivity index is 2.41. The van der Waals surface area contributed by atoms with Crippen LogP contribution in [0, 0.1) is 17.3 Å². The summed E-state index contributed by atoms with van der Waals surface area (Å²) in [6, 6.07) is 0.285. The van der Waals surface area contributed by atoms with Crippen molar-refractivity contribution in [2.24, 2.45) is 23.0 Å². The van der Waals surface area contributed by atoms with Crippen molar-refractivity contribution in [1.29, 1.82) is 0 Å². The Kier molecular flexibility index (Phi) is 5.84. The Morgan fingerprint density at radius 1 is 1.26 bits per heavy atom. The molecular formula is C16H32N2O. The zero-order valence-electron chi connectivity index (χ0n) is 13.3. The molecule has 0 aliphatic heterocycles. The van der Waals surface area contributed by atoms with Gasteiger partial charge in [0.2, 0.25) is 5.91 Å².